The molecule has 1 N–H and O–H groups in total. The molecule has 1 aliphatic rings. The highest BCUT2D eigenvalue weighted by Crippen LogP contribution is 2.30. The Hall–Kier alpha value is -2.45. The van der Waals surface area contributed by atoms with Crippen molar-refractivity contribution in [2.24, 2.45) is 0 Å². The number of piperazine rings is 1. The van der Waals surface area contributed by atoms with E-state index in [9.17, 15) is 14.4 Å². The van der Waals surface area contributed by atoms with Crippen molar-refractivity contribution in [3.8, 4) is 10.6 Å². The molecule has 0 atom stereocenters. The zero-order chi connectivity index (χ0) is 21.1. The molecule has 0 saturated carbocycles. The Morgan fingerprint density at radius 1 is 1.14 bits per heavy atom. The van der Waals surface area contributed by atoms with E-state index >= 15 is 0 Å². The van der Waals surface area contributed by atoms with E-state index in [1.165, 1.54) is 16.2 Å². The van der Waals surface area contributed by atoms with Gasteiger partial charge in [-0.1, -0.05) is 23.7 Å². The second kappa shape index (κ2) is 8.92. The minimum atomic E-state index is -0.607. The number of hydrogen-bond donors (Lipinski definition) is 1. The molecule has 9 heteroatoms. The highest BCUT2D eigenvalue weighted by molar-refractivity contribution is 7.17. The van der Waals surface area contributed by atoms with Crippen LogP contribution in [0.5, 0.6) is 0 Å². The molecule has 29 heavy (non-hydrogen) atoms. The SMILES string of the molecule is Cc1nc(-c2cccc(Cl)c2)sc1C(=O)N1CCN(C(=O)C(=O)NC(C)C)CC1. The molecule has 0 radical (unpaired) electrons. The third-order valence-electron chi connectivity index (χ3n) is 4.53. The van der Waals surface area contributed by atoms with Crippen molar-refractivity contribution in [1.29, 1.82) is 0 Å². The molecule has 0 unspecified atom stereocenters. The van der Waals surface area contributed by atoms with Crippen LogP contribution in [-0.4, -0.2) is 64.7 Å². The third-order valence-corrected chi connectivity index (χ3v) is 5.96. The molecule has 2 heterocycles. The predicted octanol–water partition coefficient (Wildman–Crippen LogP) is 2.58. The number of rotatable bonds is 3. The molecule has 1 saturated heterocycles. The second-order valence-corrected chi connectivity index (χ2v) is 8.59. The van der Waals surface area contributed by atoms with E-state index in [4.69, 9.17) is 11.6 Å². The number of amides is 3. The van der Waals surface area contributed by atoms with Crippen LogP contribution in [0, 0.1) is 6.92 Å². The lowest BCUT2D eigenvalue weighted by Crippen LogP contribution is -2.54. The van der Waals surface area contributed by atoms with Gasteiger partial charge in [-0.2, -0.15) is 0 Å². The van der Waals surface area contributed by atoms with Gasteiger partial charge in [0.2, 0.25) is 0 Å². The minimum Gasteiger partial charge on any atom is -0.346 e. The van der Waals surface area contributed by atoms with E-state index in [2.05, 4.69) is 10.3 Å². The molecule has 1 aromatic heterocycles. The van der Waals surface area contributed by atoms with Crippen molar-refractivity contribution in [2.45, 2.75) is 26.8 Å². The number of hydrogen-bond acceptors (Lipinski definition) is 5. The zero-order valence-corrected chi connectivity index (χ0v) is 18.1. The van der Waals surface area contributed by atoms with E-state index in [-0.39, 0.29) is 11.9 Å². The summed E-state index contributed by atoms with van der Waals surface area (Å²) in [6, 6.07) is 7.27. The van der Waals surface area contributed by atoms with Crippen molar-refractivity contribution in [1.82, 2.24) is 20.1 Å². The van der Waals surface area contributed by atoms with Crippen LogP contribution in [0.15, 0.2) is 24.3 Å². The summed E-state index contributed by atoms with van der Waals surface area (Å²) < 4.78 is 0. The zero-order valence-electron chi connectivity index (χ0n) is 16.6. The van der Waals surface area contributed by atoms with Crippen molar-refractivity contribution >= 4 is 40.7 Å². The smallest absolute Gasteiger partial charge is 0.312 e. The molecule has 0 spiro atoms. The maximum atomic E-state index is 13.0. The lowest BCUT2D eigenvalue weighted by molar-refractivity contribution is -0.147. The fraction of sp³-hybridized carbons (Fsp3) is 0.400. The van der Waals surface area contributed by atoms with Crippen LogP contribution in [0.3, 0.4) is 0 Å². The first kappa shape index (κ1) is 21.3. The first-order chi connectivity index (χ1) is 13.8. The first-order valence-corrected chi connectivity index (χ1v) is 10.6. The highest BCUT2D eigenvalue weighted by atomic mass is 35.5. The second-order valence-electron chi connectivity index (χ2n) is 7.16. The van der Waals surface area contributed by atoms with Gasteiger partial charge in [-0.3, -0.25) is 14.4 Å². The molecule has 1 fully saturated rings. The van der Waals surface area contributed by atoms with Gasteiger partial charge in [0.15, 0.2) is 0 Å². The maximum Gasteiger partial charge on any atom is 0.312 e. The van der Waals surface area contributed by atoms with E-state index in [1.807, 2.05) is 25.1 Å². The highest BCUT2D eigenvalue weighted by Gasteiger charge is 2.30. The number of aromatic nitrogens is 1. The normalized spacial score (nSPS) is 14.2. The number of carbonyl (C=O) groups is 3. The summed E-state index contributed by atoms with van der Waals surface area (Å²) in [4.78, 5) is 45.4. The topological polar surface area (TPSA) is 82.6 Å². The van der Waals surface area contributed by atoms with Crippen molar-refractivity contribution in [2.75, 3.05) is 26.2 Å². The number of nitrogens with one attached hydrogen (secondary N) is 1. The Balaban J connectivity index is 1.65. The van der Waals surface area contributed by atoms with Crippen LogP contribution in [0.2, 0.25) is 5.02 Å². The molecular weight excluding hydrogens is 412 g/mol. The molecule has 7 nitrogen and oxygen atoms in total. The van der Waals surface area contributed by atoms with Gasteiger partial charge in [-0.05, 0) is 32.9 Å². The van der Waals surface area contributed by atoms with Gasteiger partial charge >= 0.3 is 11.8 Å². The van der Waals surface area contributed by atoms with Crippen LogP contribution in [0.1, 0.15) is 29.2 Å². The molecule has 1 aromatic carbocycles. The van der Waals surface area contributed by atoms with Gasteiger partial charge in [0.05, 0.1) is 5.69 Å². The summed E-state index contributed by atoms with van der Waals surface area (Å²) in [5, 5.41) is 3.96. The summed E-state index contributed by atoms with van der Waals surface area (Å²) in [5.74, 6) is -1.26. The van der Waals surface area contributed by atoms with Crippen molar-refractivity contribution in [3.05, 3.63) is 39.9 Å². The van der Waals surface area contributed by atoms with Gasteiger partial charge in [0, 0.05) is 42.8 Å². The lowest BCUT2D eigenvalue weighted by atomic mass is 10.2. The van der Waals surface area contributed by atoms with Gasteiger partial charge in [0.25, 0.3) is 5.91 Å². The third kappa shape index (κ3) is 4.94. The summed E-state index contributed by atoms with van der Waals surface area (Å²) in [6.45, 7) is 6.83. The van der Waals surface area contributed by atoms with Crippen LogP contribution in [-0.2, 0) is 9.59 Å². The Bertz CT molecular complexity index is 936. The Morgan fingerprint density at radius 3 is 2.41 bits per heavy atom. The maximum absolute atomic E-state index is 13.0. The molecule has 154 valence electrons. The molecule has 0 bridgehead atoms. The summed E-state index contributed by atoms with van der Waals surface area (Å²) in [6.07, 6.45) is 0. The van der Waals surface area contributed by atoms with E-state index in [1.54, 1.807) is 24.8 Å². The molecule has 0 aliphatic carbocycles. The summed E-state index contributed by atoms with van der Waals surface area (Å²) in [7, 11) is 0. The minimum absolute atomic E-state index is 0.0997. The van der Waals surface area contributed by atoms with Crippen LogP contribution >= 0.6 is 22.9 Å². The standard InChI is InChI=1S/C20H23ClN4O3S/c1-12(2)22-17(26)20(28)25-9-7-24(8-10-25)19(27)16-13(3)23-18(29-16)14-5-4-6-15(21)11-14/h4-6,11-12H,7-10H2,1-3H3,(H,22,26). The van der Waals surface area contributed by atoms with Crippen molar-refractivity contribution < 1.29 is 14.4 Å². The molecule has 3 amide bonds. The van der Waals surface area contributed by atoms with Gasteiger partial charge < -0.3 is 15.1 Å². The molecule has 2 aromatic rings. The van der Waals surface area contributed by atoms with Gasteiger partial charge in [-0.25, -0.2) is 4.98 Å². The molecule has 1 aliphatic heterocycles. The van der Waals surface area contributed by atoms with Crippen LogP contribution in [0.4, 0.5) is 0 Å². The lowest BCUT2D eigenvalue weighted by Gasteiger charge is -2.34. The fourth-order valence-electron chi connectivity index (χ4n) is 3.06. The summed E-state index contributed by atoms with van der Waals surface area (Å²) >= 11 is 7.39. The monoisotopic (exact) mass is 434 g/mol. The number of carbonyl (C=O) groups excluding carboxylic acids is 3. The number of thiazole rings is 1. The van der Waals surface area contributed by atoms with Gasteiger partial charge in [-0.15, -0.1) is 11.3 Å². The Kier molecular flexibility index (Phi) is 6.54. The van der Waals surface area contributed by atoms with E-state index in [0.717, 1.165) is 10.6 Å². The van der Waals surface area contributed by atoms with E-state index in [0.29, 0.717) is 41.8 Å². The number of nitrogens with zero attached hydrogens (tertiary/aromatic N) is 3. The quantitative estimate of drug-likeness (QED) is 0.752. The average Bonchev–Trinajstić information content (AvgIpc) is 3.08. The van der Waals surface area contributed by atoms with E-state index < -0.39 is 11.8 Å². The number of benzene rings is 1. The Morgan fingerprint density at radius 2 is 1.79 bits per heavy atom. The van der Waals surface area contributed by atoms with Crippen molar-refractivity contribution in [3.63, 3.8) is 0 Å². The predicted molar refractivity (Wildman–Crippen MR) is 113 cm³/mol. The Labute approximate surface area is 178 Å². The molecular formula is C20H23ClN4O3S. The number of halogens is 1. The first-order valence-electron chi connectivity index (χ1n) is 9.38. The van der Waals surface area contributed by atoms with Gasteiger partial charge in [0.1, 0.15) is 9.88 Å². The number of aryl methyl sites for hydroxylation is 1. The largest absolute Gasteiger partial charge is 0.346 e. The van der Waals surface area contributed by atoms with Crippen LogP contribution < -0.4 is 5.32 Å². The van der Waals surface area contributed by atoms with Crippen LogP contribution in [0.25, 0.3) is 10.6 Å². The molecule has 3 rings (SSSR count). The fourth-order valence-corrected chi connectivity index (χ4v) is 4.28. The average molecular weight is 435 g/mol. The summed E-state index contributed by atoms with van der Waals surface area (Å²) in [5.41, 5.74) is 1.54.